The quantitative estimate of drug-likeness (QED) is 0.206. The van der Waals surface area contributed by atoms with Crippen molar-refractivity contribution < 1.29 is 43.2 Å². The van der Waals surface area contributed by atoms with E-state index >= 15 is 0 Å². The van der Waals surface area contributed by atoms with Gasteiger partial charge in [-0.15, -0.1) is 0 Å². The van der Waals surface area contributed by atoms with Crippen LogP contribution in [0.25, 0.3) is 11.1 Å². The fourth-order valence-electron chi connectivity index (χ4n) is 3.62. The minimum atomic E-state index is -4.49. The van der Waals surface area contributed by atoms with Crippen molar-refractivity contribution in [2.24, 2.45) is 11.8 Å². The van der Waals surface area contributed by atoms with Gasteiger partial charge in [-0.3, -0.25) is 9.59 Å². The lowest BCUT2D eigenvalue weighted by molar-refractivity contribution is -0.307. The number of carboxylic acids is 1. The van der Waals surface area contributed by atoms with E-state index in [1.54, 1.807) is 26.0 Å². The van der Waals surface area contributed by atoms with Gasteiger partial charge in [0.25, 0.3) is 0 Å². The van der Waals surface area contributed by atoms with Gasteiger partial charge in [0, 0.05) is 26.4 Å². The zero-order valence-corrected chi connectivity index (χ0v) is 24.0. The number of rotatable bonds is 13. The van der Waals surface area contributed by atoms with Crippen LogP contribution in [0.15, 0.2) is 54.6 Å². The Morgan fingerprint density at radius 2 is 1.43 bits per heavy atom. The number of aliphatic carboxylic acids is 1. The van der Waals surface area contributed by atoms with Crippen molar-refractivity contribution in [1.29, 1.82) is 0 Å². The maximum absolute atomic E-state index is 13.1. The lowest BCUT2D eigenvalue weighted by Gasteiger charge is -2.34. The number of hydrogen-bond donors (Lipinski definition) is 2. The van der Waals surface area contributed by atoms with E-state index in [9.17, 15) is 33.7 Å². The summed E-state index contributed by atoms with van der Waals surface area (Å²) in [6, 6.07) is 15.4. The average molecular weight is 575 g/mol. The van der Waals surface area contributed by atoms with Gasteiger partial charge < -0.3 is 39.5 Å². The third kappa shape index (κ3) is 10.1. The van der Waals surface area contributed by atoms with Crippen molar-refractivity contribution >= 4 is 31.3 Å². The largest absolute Gasteiger partial charge is 0.798 e. The number of carboxylic acid groups (broad SMARTS) is 1. The summed E-state index contributed by atoms with van der Waals surface area (Å²) in [4.78, 5) is 61.1. The molecule has 11 nitrogen and oxygen atoms in total. The average Bonchev–Trinajstić information content (AvgIpc) is 2.88. The minimum Gasteiger partial charge on any atom is -0.798 e. The van der Waals surface area contributed by atoms with E-state index in [1.165, 1.54) is 20.8 Å². The van der Waals surface area contributed by atoms with Crippen LogP contribution in [0.5, 0.6) is 0 Å². The molecule has 0 saturated heterocycles. The molecule has 2 aromatic rings. The Morgan fingerprint density at radius 3 is 1.98 bits per heavy atom. The molecule has 2 rings (SSSR count). The Bertz CT molecular complexity index is 1220. The van der Waals surface area contributed by atoms with Crippen LogP contribution < -0.4 is 20.6 Å². The predicted molar refractivity (Wildman–Crippen MR) is 144 cm³/mol. The number of amides is 2. The van der Waals surface area contributed by atoms with Crippen molar-refractivity contribution in [2.45, 2.75) is 59.2 Å². The molecule has 0 radical (unpaired) electrons. The molecular weight excluding hydrogens is 539 g/mol. The normalized spacial score (nSPS) is 15.6. The predicted octanol–water partition coefficient (Wildman–Crippen LogP) is 2.02. The number of esters is 1. The van der Waals surface area contributed by atoms with Crippen molar-refractivity contribution in [1.82, 2.24) is 10.6 Å². The van der Waals surface area contributed by atoms with Crippen LogP contribution in [0, 0.1) is 11.8 Å². The fraction of sp³-hybridized carbons (Fsp3) is 0.429. The maximum atomic E-state index is 13.1. The Kier molecular flexibility index (Phi) is 11.9. The molecule has 0 bridgehead atoms. The molecule has 0 saturated carbocycles. The molecule has 0 aliphatic rings. The molecule has 0 heterocycles. The summed E-state index contributed by atoms with van der Waals surface area (Å²) in [5, 5.41) is 15.6. The van der Waals surface area contributed by atoms with Crippen molar-refractivity contribution in [3.63, 3.8) is 0 Å². The second-order valence-corrected chi connectivity index (χ2v) is 12.4. The zero-order chi connectivity index (χ0) is 30.0. The summed E-state index contributed by atoms with van der Waals surface area (Å²) < 4.78 is 23.0. The van der Waals surface area contributed by atoms with Gasteiger partial charge in [0.05, 0.1) is 23.7 Å². The Morgan fingerprint density at radius 1 is 0.850 bits per heavy atom. The van der Waals surface area contributed by atoms with Crippen molar-refractivity contribution in [3.8, 4) is 11.1 Å². The topological polar surface area (TPSA) is 174 Å². The molecule has 2 aromatic carbocycles. The van der Waals surface area contributed by atoms with Crippen LogP contribution in [0.4, 0.5) is 4.79 Å². The van der Waals surface area contributed by atoms with E-state index < -0.39 is 67.4 Å². The van der Waals surface area contributed by atoms with Crippen LogP contribution in [0.2, 0.25) is 0 Å². The van der Waals surface area contributed by atoms with Gasteiger partial charge in [-0.05, 0) is 37.0 Å². The van der Waals surface area contributed by atoms with E-state index in [0.29, 0.717) is 5.56 Å². The highest BCUT2D eigenvalue weighted by molar-refractivity contribution is 7.57. The summed E-state index contributed by atoms with van der Waals surface area (Å²) in [7, 11) is -4.49. The number of alkyl carbamates (subject to hydrolysis) is 1. The van der Waals surface area contributed by atoms with Gasteiger partial charge in [-0.2, -0.15) is 0 Å². The first-order valence-corrected chi connectivity index (χ1v) is 14.7. The third-order valence-electron chi connectivity index (χ3n) is 6.04. The highest BCUT2D eigenvalue weighted by atomic mass is 31.2. The highest BCUT2D eigenvalue weighted by Crippen LogP contribution is 2.43. The molecule has 40 heavy (non-hydrogen) atoms. The molecular formula is C28H35N2O9P-2. The van der Waals surface area contributed by atoms with Crippen LogP contribution in [0.3, 0.4) is 0 Å². The van der Waals surface area contributed by atoms with Gasteiger partial charge >= 0.3 is 12.1 Å². The van der Waals surface area contributed by atoms with E-state index in [-0.39, 0.29) is 6.42 Å². The summed E-state index contributed by atoms with van der Waals surface area (Å²) in [6.45, 7) is 6.94. The van der Waals surface area contributed by atoms with E-state index in [1.807, 2.05) is 42.5 Å². The Balaban J connectivity index is 2.14. The van der Waals surface area contributed by atoms with Gasteiger partial charge in [-0.25, -0.2) is 4.79 Å². The van der Waals surface area contributed by atoms with E-state index in [4.69, 9.17) is 9.47 Å². The van der Waals surface area contributed by atoms with Gasteiger partial charge in [-0.1, -0.05) is 68.4 Å². The Labute approximate surface area is 233 Å². The first-order chi connectivity index (χ1) is 18.7. The van der Waals surface area contributed by atoms with Crippen molar-refractivity contribution in [3.05, 3.63) is 60.2 Å². The molecule has 0 aliphatic carbocycles. The van der Waals surface area contributed by atoms with Crippen LogP contribution in [-0.4, -0.2) is 48.2 Å². The second-order valence-electron chi connectivity index (χ2n) is 9.81. The number of carbonyl (C=O) groups excluding carboxylic acids is 4. The summed E-state index contributed by atoms with van der Waals surface area (Å²) in [5.41, 5.74) is 2.56. The van der Waals surface area contributed by atoms with Crippen molar-refractivity contribution in [2.75, 3.05) is 6.16 Å². The van der Waals surface area contributed by atoms with Crippen LogP contribution >= 0.6 is 7.37 Å². The number of hydrogen-bond acceptors (Lipinski definition) is 9. The lowest BCUT2D eigenvalue weighted by atomic mass is 9.97. The molecule has 2 amide bonds. The van der Waals surface area contributed by atoms with Crippen LogP contribution in [-0.2, 0) is 34.8 Å². The van der Waals surface area contributed by atoms with Gasteiger partial charge in [0.1, 0.15) is 0 Å². The van der Waals surface area contributed by atoms with Crippen LogP contribution in [0.1, 0.15) is 40.2 Å². The molecule has 0 aromatic heterocycles. The Hall–Kier alpha value is -3.69. The smallest absolute Gasteiger partial charge is 0.410 e. The monoisotopic (exact) mass is 574 g/mol. The first-order valence-electron chi connectivity index (χ1n) is 12.8. The van der Waals surface area contributed by atoms with Gasteiger partial charge in [0.15, 0.2) is 0 Å². The third-order valence-corrected chi connectivity index (χ3v) is 8.30. The molecule has 2 unspecified atom stereocenters. The van der Waals surface area contributed by atoms with E-state index in [0.717, 1.165) is 11.1 Å². The lowest BCUT2D eigenvalue weighted by Crippen LogP contribution is -2.49. The molecule has 0 spiro atoms. The molecule has 0 fully saturated rings. The molecule has 5 atom stereocenters. The molecule has 2 N–H and O–H groups in total. The summed E-state index contributed by atoms with van der Waals surface area (Å²) >= 11 is 0. The summed E-state index contributed by atoms with van der Waals surface area (Å²) in [6.07, 6.45) is -3.06. The van der Waals surface area contributed by atoms with Gasteiger partial charge in [0.2, 0.25) is 12.2 Å². The number of ether oxygens (including phenoxy) is 2. The number of benzene rings is 2. The summed E-state index contributed by atoms with van der Waals surface area (Å²) in [5.74, 6) is -5.97. The molecule has 12 heteroatoms. The minimum absolute atomic E-state index is 0.00768. The SMILES string of the molecule is CC(OC(=O)N[C@@H](C)P(=O)([O-])C[C@@H](Cc1ccc(-c2ccccc2)cc1)C(=O)N[C@@H](C)C(=O)[O-])OC(=O)C(C)C. The number of carbonyl (C=O) groups is 4. The maximum Gasteiger partial charge on any atom is 0.410 e. The standard InChI is InChI=1S/C28H37N2O9P/c1-17(2)27(34)38-20(5)39-28(35)30-19(4)40(36,37)16-24(25(31)29-18(3)26(32)33)15-21-11-13-23(14-12-21)22-9-7-6-8-10-22/h6-14,17-20,24H,15-16H2,1-5H3,(H,29,31)(H,30,35)(H,32,33)(H,36,37)/p-2/t18-,19+,20?,24+/m0/s1. The van der Waals surface area contributed by atoms with E-state index in [2.05, 4.69) is 10.6 Å². The molecule has 218 valence electrons. The zero-order valence-electron chi connectivity index (χ0n) is 23.1. The number of nitrogens with one attached hydrogen (secondary N) is 2. The fourth-order valence-corrected chi connectivity index (χ4v) is 5.15. The molecule has 0 aliphatic heterocycles. The highest BCUT2D eigenvalue weighted by Gasteiger charge is 2.30. The first kappa shape index (κ1) is 32.5. The second kappa shape index (κ2) is 14.6.